The highest BCUT2D eigenvalue weighted by molar-refractivity contribution is 5.70. The maximum Gasteiger partial charge on any atom is 0.306 e. The van der Waals surface area contributed by atoms with Gasteiger partial charge in [0.25, 0.3) is 0 Å². The van der Waals surface area contributed by atoms with Gasteiger partial charge < -0.3 is 9.53 Å². The van der Waals surface area contributed by atoms with E-state index in [4.69, 9.17) is 4.74 Å². The number of carbonyl (C=O) groups excluding carboxylic acids is 3. The van der Waals surface area contributed by atoms with E-state index in [1.54, 1.807) is 13.8 Å². The van der Waals surface area contributed by atoms with Crippen molar-refractivity contribution >= 4 is 18.3 Å². The molecule has 0 bridgehead atoms. The van der Waals surface area contributed by atoms with E-state index in [1.807, 2.05) is 0 Å². The van der Waals surface area contributed by atoms with Crippen molar-refractivity contribution in [2.24, 2.45) is 4.99 Å². The second-order valence-electron chi connectivity index (χ2n) is 3.68. The Morgan fingerprint density at radius 3 is 2.73 bits per heavy atom. The van der Waals surface area contributed by atoms with Crippen molar-refractivity contribution in [2.45, 2.75) is 38.7 Å². The number of esters is 1. The van der Waals surface area contributed by atoms with Crippen LogP contribution in [0.1, 0.15) is 33.1 Å². The van der Waals surface area contributed by atoms with Gasteiger partial charge in [0.1, 0.15) is 11.9 Å². The highest BCUT2D eigenvalue weighted by Gasteiger charge is 2.21. The lowest BCUT2D eigenvalue weighted by molar-refractivity contribution is -0.157. The molecular weight excluding hydrogens is 198 g/mol. The molecule has 0 aliphatic carbocycles. The molecule has 0 unspecified atom stereocenters. The molecule has 5 heteroatoms. The van der Waals surface area contributed by atoms with E-state index in [1.165, 1.54) is 6.08 Å². The van der Waals surface area contributed by atoms with Crippen LogP contribution in [0.2, 0.25) is 0 Å². The summed E-state index contributed by atoms with van der Waals surface area (Å²) in [7, 11) is 0. The Morgan fingerprint density at radius 2 is 2.20 bits per heavy atom. The minimum Gasteiger partial charge on any atom is -0.459 e. The quantitative estimate of drug-likeness (QED) is 0.208. The first kappa shape index (κ1) is 13.5. The first-order valence-electron chi connectivity index (χ1n) is 4.71. The van der Waals surface area contributed by atoms with Crippen LogP contribution in [-0.4, -0.2) is 30.5 Å². The van der Waals surface area contributed by atoms with Crippen LogP contribution in [0.15, 0.2) is 4.99 Å². The zero-order valence-electron chi connectivity index (χ0n) is 8.99. The van der Waals surface area contributed by atoms with Crippen LogP contribution >= 0.6 is 0 Å². The van der Waals surface area contributed by atoms with Gasteiger partial charge in [-0.25, -0.2) is 9.79 Å². The Morgan fingerprint density at radius 1 is 1.53 bits per heavy atom. The van der Waals surface area contributed by atoms with Crippen LogP contribution in [0.25, 0.3) is 0 Å². The average Bonchev–Trinajstić information content (AvgIpc) is 2.11. The molecule has 0 saturated carbocycles. The van der Waals surface area contributed by atoms with E-state index in [0.29, 0.717) is 12.7 Å². The number of rotatable bonds is 7. The molecule has 0 aliphatic rings. The lowest BCUT2D eigenvalue weighted by Gasteiger charge is -2.22. The summed E-state index contributed by atoms with van der Waals surface area (Å²) in [6, 6.07) is 0. The van der Waals surface area contributed by atoms with Crippen LogP contribution in [0.4, 0.5) is 0 Å². The van der Waals surface area contributed by atoms with E-state index < -0.39 is 5.60 Å². The topological polar surface area (TPSA) is 72.8 Å². The smallest absolute Gasteiger partial charge is 0.306 e. The summed E-state index contributed by atoms with van der Waals surface area (Å²) in [5, 5.41) is 0. The Labute approximate surface area is 88.5 Å². The van der Waals surface area contributed by atoms with Gasteiger partial charge in [0.15, 0.2) is 0 Å². The van der Waals surface area contributed by atoms with Crippen molar-refractivity contribution in [2.75, 3.05) is 6.54 Å². The van der Waals surface area contributed by atoms with Crippen molar-refractivity contribution in [1.82, 2.24) is 0 Å². The summed E-state index contributed by atoms with van der Waals surface area (Å²) in [6.45, 7) is 3.61. The minimum atomic E-state index is -0.757. The SMILES string of the molecule is CC(C)(CC=O)OC(=O)CCCN=C=O. The molecule has 0 N–H and O–H groups in total. The molecule has 0 fully saturated rings. The molecular formula is C10H15NO4. The second-order valence-corrected chi connectivity index (χ2v) is 3.68. The molecule has 0 aromatic carbocycles. The van der Waals surface area contributed by atoms with Crippen LogP contribution < -0.4 is 0 Å². The van der Waals surface area contributed by atoms with Gasteiger partial charge in [-0.15, -0.1) is 0 Å². The maximum atomic E-state index is 11.2. The van der Waals surface area contributed by atoms with Crippen LogP contribution in [-0.2, 0) is 19.1 Å². The van der Waals surface area contributed by atoms with Crippen molar-refractivity contribution < 1.29 is 19.1 Å². The van der Waals surface area contributed by atoms with Gasteiger partial charge in [0.2, 0.25) is 6.08 Å². The van der Waals surface area contributed by atoms with E-state index in [9.17, 15) is 14.4 Å². The Hall–Kier alpha value is -1.48. The number of isocyanates is 1. The first-order chi connectivity index (χ1) is 7.02. The van der Waals surface area contributed by atoms with Crippen molar-refractivity contribution in [3.63, 3.8) is 0 Å². The minimum absolute atomic E-state index is 0.172. The summed E-state index contributed by atoms with van der Waals surface area (Å²) < 4.78 is 5.05. The van der Waals surface area contributed by atoms with Crippen LogP contribution in [0.5, 0.6) is 0 Å². The molecule has 0 aromatic heterocycles. The molecule has 0 saturated heterocycles. The van der Waals surface area contributed by atoms with Gasteiger partial charge in [0, 0.05) is 12.8 Å². The third-order valence-electron chi connectivity index (χ3n) is 1.68. The molecule has 5 nitrogen and oxygen atoms in total. The summed E-state index contributed by atoms with van der Waals surface area (Å²) in [6.07, 6.45) is 2.91. The van der Waals surface area contributed by atoms with Gasteiger partial charge in [-0.3, -0.25) is 4.79 Å². The van der Waals surface area contributed by atoms with Crippen LogP contribution in [0, 0.1) is 0 Å². The number of hydrogen-bond donors (Lipinski definition) is 0. The van der Waals surface area contributed by atoms with Crippen LogP contribution in [0.3, 0.4) is 0 Å². The Kier molecular flexibility index (Phi) is 6.22. The third kappa shape index (κ3) is 7.58. The standard InChI is InChI=1S/C10H15NO4/c1-10(2,5-7-12)15-9(14)4-3-6-11-8-13/h7H,3-6H2,1-2H3. The molecule has 0 aliphatic heterocycles. The number of aliphatic imine (C=N–C) groups is 1. The number of carbonyl (C=O) groups is 2. The summed E-state index contributed by atoms with van der Waals surface area (Å²) in [4.78, 5) is 34.5. The number of aldehydes is 1. The lowest BCUT2D eigenvalue weighted by atomic mass is 10.1. The fourth-order valence-corrected chi connectivity index (χ4v) is 0.950. The predicted octanol–water partition coefficient (Wildman–Crippen LogP) is 1.01. The normalized spacial score (nSPS) is 10.3. The molecule has 15 heavy (non-hydrogen) atoms. The maximum absolute atomic E-state index is 11.2. The summed E-state index contributed by atoms with van der Waals surface area (Å²) in [5.41, 5.74) is -0.757. The third-order valence-corrected chi connectivity index (χ3v) is 1.68. The highest BCUT2D eigenvalue weighted by Crippen LogP contribution is 2.14. The van der Waals surface area contributed by atoms with Gasteiger partial charge in [-0.1, -0.05) is 0 Å². The largest absolute Gasteiger partial charge is 0.459 e. The van der Waals surface area contributed by atoms with Gasteiger partial charge in [-0.05, 0) is 20.3 Å². The van der Waals surface area contributed by atoms with Gasteiger partial charge in [0.05, 0.1) is 6.54 Å². The molecule has 0 rings (SSSR count). The van der Waals surface area contributed by atoms with E-state index in [-0.39, 0.29) is 25.4 Å². The van der Waals surface area contributed by atoms with E-state index in [0.717, 1.165) is 0 Å². The molecule has 0 atom stereocenters. The molecule has 84 valence electrons. The van der Waals surface area contributed by atoms with E-state index in [2.05, 4.69) is 4.99 Å². The highest BCUT2D eigenvalue weighted by atomic mass is 16.6. The van der Waals surface area contributed by atoms with Crippen molar-refractivity contribution in [3.05, 3.63) is 0 Å². The zero-order valence-corrected chi connectivity index (χ0v) is 8.99. The number of ether oxygens (including phenoxy) is 1. The molecule has 0 amide bonds. The molecule has 0 aromatic rings. The van der Waals surface area contributed by atoms with Gasteiger partial charge >= 0.3 is 5.97 Å². The number of hydrogen-bond acceptors (Lipinski definition) is 5. The monoisotopic (exact) mass is 213 g/mol. The van der Waals surface area contributed by atoms with Crippen molar-refractivity contribution in [3.8, 4) is 0 Å². The number of nitrogens with zero attached hydrogens (tertiary/aromatic N) is 1. The first-order valence-corrected chi connectivity index (χ1v) is 4.71. The second kappa shape index (κ2) is 6.90. The fraction of sp³-hybridized carbons (Fsp3) is 0.700. The predicted molar refractivity (Wildman–Crippen MR) is 53.1 cm³/mol. The van der Waals surface area contributed by atoms with Crippen molar-refractivity contribution in [1.29, 1.82) is 0 Å². The Balaban J connectivity index is 3.82. The molecule has 0 radical (unpaired) electrons. The summed E-state index contributed by atoms with van der Waals surface area (Å²) in [5.74, 6) is -0.386. The lowest BCUT2D eigenvalue weighted by Crippen LogP contribution is -2.28. The van der Waals surface area contributed by atoms with E-state index >= 15 is 0 Å². The Bertz CT molecular complexity index is 267. The summed E-state index contributed by atoms with van der Waals surface area (Å²) >= 11 is 0. The van der Waals surface area contributed by atoms with Gasteiger partial charge in [-0.2, -0.15) is 0 Å². The zero-order chi connectivity index (χ0) is 11.7. The molecule has 0 spiro atoms. The fourth-order valence-electron chi connectivity index (χ4n) is 0.950. The average molecular weight is 213 g/mol. The molecule has 0 heterocycles.